The summed E-state index contributed by atoms with van der Waals surface area (Å²) in [6.07, 6.45) is 3.98. The van der Waals surface area contributed by atoms with Crippen molar-refractivity contribution in [1.82, 2.24) is 19.9 Å². The molecule has 0 radical (unpaired) electrons. The van der Waals surface area contributed by atoms with Crippen molar-refractivity contribution in [2.75, 3.05) is 11.9 Å². The number of carbonyl (C=O) groups is 1. The highest BCUT2D eigenvalue weighted by Crippen LogP contribution is 2.37. The Morgan fingerprint density at radius 2 is 1.74 bits per heavy atom. The molecule has 0 unspecified atom stereocenters. The van der Waals surface area contributed by atoms with Gasteiger partial charge in [-0.25, -0.2) is 9.48 Å². The predicted octanol–water partition coefficient (Wildman–Crippen LogP) is 8.34. The monoisotopic (exact) mass is 650 g/mol. The molecule has 0 spiro atoms. The third-order valence-corrected chi connectivity index (χ3v) is 13.2. The molecule has 1 amide bonds. The van der Waals surface area contributed by atoms with Crippen LogP contribution < -0.4 is 9.74 Å². The molecular weight excluding hydrogens is 605 g/mol. The van der Waals surface area contributed by atoms with Crippen molar-refractivity contribution >= 4 is 25.8 Å². The summed E-state index contributed by atoms with van der Waals surface area (Å²) in [4.78, 5) is 14.4. The maximum atomic E-state index is 12.6. The lowest BCUT2D eigenvalue weighted by Crippen LogP contribution is -2.43. The first-order chi connectivity index (χ1) is 22.1. The molecule has 0 bridgehead atoms. The Balaban J connectivity index is 1.25. The van der Waals surface area contributed by atoms with Crippen LogP contribution in [0.15, 0.2) is 66.9 Å². The maximum Gasteiger partial charge on any atom is 0.410 e. The fourth-order valence-corrected chi connectivity index (χ4v) is 6.34. The summed E-state index contributed by atoms with van der Waals surface area (Å²) >= 11 is 0. The standard InChI is InChI=1S/C37H46N6O3Si/c1-36(2,3)45-35(44)42-19-18-34-27(10-9-11-28(34)24-42)12-13-30-25-43(41-40-30)32-21-26(23-38)20-31(22-32)39-29-14-16-33(17-15-29)46-47(7,8)37(4,5)6/h9-11,14-17,20-22,25,39H,12-13,18-19,24H2,1-8H3. The lowest BCUT2D eigenvalue weighted by atomic mass is 9.92. The molecule has 0 aliphatic carbocycles. The number of hydrogen-bond donors (Lipinski definition) is 1. The largest absolute Gasteiger partial charge is 0.544 e. The first kappa shape index (κ1) is 33.7. The van der Waals surface area contributed by atoms with Crippen LogP contribution in [0.25, 0.3) is 5.69 Å². The first-order valence-electron chi connectivity index (χ1n) is 16.2. The van der Waals surface area contributed by atoms with E-state index < -0.39 is 13.9 Å². The van der Waals surface area contributed by atoms with Gasteiger partial charge < -0.3 is 19.4 Å². The van der Waals surface area contributed by atoms with E-state index in [1.54, 1.807) is 9.58 Å². The van der Waals surface area contributed by atoms with E-state index in [0.29, 0.717) is 18.7 Å². The predicted molar refractivity (Wildman–Crippen MR) is 188 cm³/mol. The highest BCUT2D eigenvalue weighted by Gasteiger charge is 2.39. The van der Waals surface area contributed by atoms with E-state index in [4.69, 9.17) is 9.16 Å². The van der Waals surface area contributed by atoms with Crippen molar-refractivity contribution in [2.24, 2.45) is 0 Å². The van der Waals surface area contributed by atoms with Gasteiger partial charge in [0.15, 0.2) is 0 Å². The van der Waals surface area contributed by atoms with Gasteiger partial charge in [0.1, 0.15) is 11.4 Å². The van der Waals surface area contributed by atoms with Crippen LogP contribution in [0.2, 0.25) is 18.1 Å². The molecule has 246 valence electrons. The van der Waals surface area contributed by atoms with Gasteiger partial charge in [-0.3, -0.25) is 0 Å². The lowest BCUT2D eigenvalue weighted by Gasteiger charge is -2.36. The molecule has 1 aliphatic rings. The Hall–Kier alpha value is -4.62. The highest BCUT2D eigenvalue weighted by molar-refractivity contribution is 6.74. The van der Waals surface area contributed by atoms with Gasteiger partial charge in [0.05, 0.1) is 29.2 Å². The van der Waals surface area contributed by atoms with Crippen molar-refractivity contribution in [1.29, 1.82) is 5.26 Å². The number of nitriles is 1. The number of carbonyl (C=O) groups excluding carboxylic acids is 1. The summed E-state index contributed by atoms with van der Waals surface area (Å²) in [6.45, 7) is 18.0. The molecule has 9 nitrogen and oxygen atoms in total. The van der Waals surface area contributed by atoms with E-state index >= 15 is 0 Å². The van der Waals surface area contributed by atoms with E-state index in [2.05, 4.69) is 73.8 Å². The number of aryl methyl sites for hydroxylation is 2. The molecule has 3 aromatic carbocycles. The Morgan fingerprint density at radius 3 is 2.43 bits per heavy atom. The number of fused-ring (bicyclic) bond motifs is 1. The van der Waals surface area contributed by atoms with E-state index in [1.165, 1.54) is 11.1 Å². The van der Waals surface area contributed by atoms with Crippen molar-refractivity contribution in [3.63, 3.8) is 0 Å². The molecule has 0 fully saturated rings. The van der Waals surface area contributed by atoms with E-state index in [0.717, 1.165) is 53.3 Å². The summed E-state index contributed by atoms with van der Waals surface area (Å²) in [5.41, 5.74) is 7.03. The van der Waals surface area contributed by atoms with E-state index in [-0.39, 0.29) is 11.1 Å². The molecule has 0 atom stereocenters. The Labute approximate surface area is 279 Å². The number of nitrogens with zero attached hydrogens (tertiary/aromatic N) is 5. The van der Waals surface area contributed by atoms with E-state index in [9.17, 15) is 10.1 Å². The van der Waals surface area contributed by atoms with Crippen LogP contribution in [-0.2, 0) is 30.5 Å². The molecule has 4 aromatic rings. The number of anilines is 2. The molecule has 0 saturated heterocycles. The molecule has 10 heteroatoms. The minimum absolute atomic E-state index is 0.118. The Morgan fingerprint density at radius 1 is 1.00 bits per heavy atom. The number of nitrogens with one attached hydrogen (secondary N) is 1. The minimum Gasteiger partial charge on any atom is -0.544 e. The Kier molecular flexibility index (Phi) is 9.50. The van der Waals surface area contributed by atoms with Gasteiger partial charge >= 0.3 is 6.09 Å². The zero-order valence-electron chi connectivity index (χ0n) is 28.8. The smallest absolute Gasteiger partial charge is 0.410 e. The lowest BCUT2D eigenvalue weighted by molar-refractivity contribution is 0.0223. The molecule has 1 N–H and O–H groups in total. The van der Waals surface area contributed by atoms with E-state index in [1.807, 2.05) is 69.4 Å². The summed E-state index contributed by atoms with van der Waals surface area (Å²) in [7, 11) is -1.93. The number of amides is 1. The number of ether oxygens (including phenoxy) is 1. The van der Waals surface area contributed by atoms with Crippen molar-refractivity contribution in [3.05, 3.63) is 94.8 Å². The summed E-state index contributed by atoms with van der Waals surface area (Å²) in [6, 6.07) is 22.1. The van der Waals surface area contributed by atoms with Crippen LogP contribution in [0.3, 0.4) is 0 Å². The summed E-state index contributed by atoms with van der Waals surface area (Å²) in [5, 5.41) is 22.1. The summed E-state index contributed by atoms with van der Waals surface area (Å²) < 4.78 is 13.7. The average molecular weight is 651 g/mol. The van der Waals surface area contributed by atoms with Crippen LogP contribution in [0.4, 0.5) is 16.2 Å². The third-order valence-electron chi connectivity index (χ3n) is 8.84. The SMILES string of the molecule is CC(C)(C)OC(=O)N1CCc2c(CCc3cn(-c4cc(C#N)cc(Nc5ccc(O[Si](C)(C)C(C)(C)C)cc5)c4)nn3)cccc2C1. The topological polar surface area (TPSA) is 105 Å². The molecular formula is C37H46N6O3Si. The van der Waals surface area contributed by atoms with Crippen LogP contribution in [0.1, 0.15) is 69.5 Å². The molecule has 1 aromatic heterocycles. The van der Waals surface area contributed by atoms with Gasteiger partial charge in [0.25, 0.3) is 0 Å². The van der Waals surface area contributed by atoms with Gasteiger partial charge in [-0.05, 0) is 117 Å². The Bertz CT molecular complexity index is 1780. The second kappa shape index (κ2) is 13.2. The van der Waals surface area contributed by atoms with Gasteiger partial charge in [-0.1, -0.05) is 44.2 Å². The second-order valence-corrected chi connectivity index (χ2v) is 19.5. The van der Waals surface area contributed by atoms with Gasteiger partial charge in [0, 0.05) is 24.5 Å². The zero-order valence-corrected chi connectivity index (χ0v) is 29.8. The fraction of sp³-hybridized carbons (Fsp3) is 0.405. The average Bonchev–Trinajstić information content (AvgIpc) is 3.48. The molecule has 2 heterocycles. The molecule has 47 heavy (non-hydrogen) atoms. The molecule has 5 rings (SSSR count). The fourth-order valence-electron chi connectivity index (χ4n) is 5.31. The number of rotatable bonds is 8. The van der Waals surface area contributed by atoms with Gasteiger partial charge in [-0.2, -0.15) is 5.26 Å². The molecule has 0 saturated carbocycles. The minimum atomic E-state index is -1.93. The van der Waals surface area contributed by atoms with Crippen LogP contribution in [-0.4, -0.2) is 46.5 Å². The van der Waals surface area contributed by atoms with Gasteiger partial charge in [-0.15, -0.1) is 5.10 Å². The second-order valence-electron chi connectivity index (χ2n) is 14.8. The first-order valence-corrected chi connectivity index (χ1v) is 19.1. The van der Waals surface area contributed by atoms with Crippen molar-refractivity contribution < 1.29 is 14.0 Å². The quantitative estimate of drug-likeness (QED) is 0.191. The number of aromatic nitrogens is 3. The van der Waals surface area contributed by atoms with Crippen LogP contribution in [0.5, 0.6) is 5.75 Å². The number of benzene rings is 3. The van der Waals surface area contributed by atoms with Crippen LogP contribution in [0, 0.1) is 11.3 Å². The van der Waals surface area contributed by atoms with Gasteiger partial charge in [0.2, 0.25) is 8.32 Å². The summed E-state index contributed by atoms with van der Waals surface area (Å²) in [5.74, 6) is 0.863. The van der Waals surface area contributed by atoms with Crippen molar-refractivity contribution in [3.8, 4) is 17.5 Å². The van der Waals surface area contributed by atoms with Crippen LogP contribution >= 0.6 is 0 Å². The zero-order chi connectivity index (χ0) is 34.0. The maximum absolute atomic E-state index is 12.6. The highest BCUT2D eigenvalue weighted by atomic mass is 28.4. The normalized spacial score (nSPS) is 13.5. The molecule has 1 aliphatic heterocycles. The number of hydrogen-bond acceptors (Lipinski definition) is 7. The van der Waals surface area contributed by atoms with Crippen molar-refractivity contribution in [2.45, 2.75) is 91.1 Å². The third kappa shape index (κ3) is 8.40.